The van der Waals surface area contributed by atoms with Crippen LogP contribution in [0.5, 0.6) is 0 Å². The number of ether oxygens (including phenoxy) is 1. The molecule has 7 heteroatoms. The summed E-state index contributed by atoms with van der Waals surface area (Å²) in [7, 11) is 1.84. The van der Waals surface area contributed by atoms with E-state index in [-0.39, 0.29) is 5.91 Å². The number of benzene rings is 1. The molecule has 0 unspecified atom stereocenters. The Morgan fingerprint density at radius 1 is 1.31 bits per heavy atom. The number of fused-ring (bicyclic) bond motifs is 1. The largest absolute Gasteiger partial charge is 0.378 e. The zero-order chi connectivity index (χ0) is 17.9. The third-order valence-electron chi connectivity index (χ3n) is 5.11. The van der Waals surface area contributed by atoms with Crippen LogP contribution in [0.2, 0.25) is 0 Å². The van der Waals surface area contributed by atoms with Crippen LogP contribution < -0.4 is 10.2 Å². The molecule has 0 spiro atoms. The maximum Gasteiger partial charge on any atom is 0.274 e. The molecular formula is C19H25N5O2. The van der Waals surface area contributed by atoms with Gasteiger partial charge in [-0.2, -0.15) is 5.10 Å². The Bertz CT molecular complexity index is 782. The number of carbonyl (C=O) groups is 1. The highest BCUT2D eigenvalue weighted by atomic mass is 16.5. The number of nitrogens with one attached hydrogen (secondary N) is 2. The lowest BCUT2D eigenvalue weighted by molar-refractivity contribution is 0.0777. The van der Waals surface area contributed by atoms with Crippen molar-refractivity contribution in [2.24, 2.45) is 0 Å². The van der Waals surface area contributed by atoms with Gasteiger partial charge in [-0.3, -0.25) is 9.89 Å². The highest BCUT2D eigenvalue weighted by molar-refractivity contribution is 5.94. The van der Waals surface area contributed by atoms with Crippen molar-refractivity contribution in [2.45, 2.75) is 19.5 Å². The minimum absolute atomic E-state index is 0.0389. The molecule has 7 nitrogen and oxygen atoms in total. The highest BCUT2D eigenvalue weighted by Gasteiger charge is 2.25. The number of anilines is 1. The van der Waals surface area contributed by atoms with Crippen molar-refractivity contribution in [3.05, 3.63) is 46.8 Å². The van der Waals surface area contributed by atoms with Gasteiger partial charge in [-0.25, -0.2) is 0 Å². The zero-order valence-corrected chi connectivity index (χ0v) is 15.1. The molecule has 0 bridgehead atoms. The van der Waals surface area contributed by atoms with E-state index in [4.69, 9.17) is 4.74 Å². The number of aromatic nitrogens is 2. The topological polar surface area (TPSA) is 73.5 Å². The van der Waals surface area contributed by atoms with Gasteiger partial charge in [0.2, 0.25) is 0 Å². The average Bonchev–Trinajstić information content (AvgIpc) is 3.12. The summed E-state index contributed by atoms with van der Waals surface area (Å²) in [6.07, 6.45) is 0.888. The second-order valence-corrected chi connectivity index (χ2v) is 6.85. The molecule has 26 heavy (non-hydrogen) atoms. The lowest BCUT2D eigenvalue weighted by Crippen LogP contribution is -2.37. The van der Waals surface area contributed by atoms with Crippen LogP contribution in [0.1, 0.15) is 27.3 Å². The minimum atomic E-state index is -0.0389. The van der Waals surface area contributed by atoms with E-state index in [2.05, 4.69) is 32.5 Å². The molecule has 0 atom stereocenters. The number of nitrogens with zero attached hydrogens (tertiary/aromatic N) is 3. The fraction of sp³-hybridized carbons (Fsp3) is 0.474. The van der Waals surface area contributed by atoms with Crippen LogP contribution in [-0.2, 0) is 24.2 Å². The van der Waals surface area contributed by atoms with Crippen LogP contribution in [0.4, 0.5) is 5.69 Å². The van der Waals surface area contributed by atoms with Gasteiger partial charge >= 0.3 is 0 Å². The molecule has 1 amide bonds. The van der Waals surface area contributed by atoms with E-state index in [1.807, 2.05) is 19.2 Å². The summed E-state index contributed by atoms with van der Waals surface area (Å²) in [5, 5.41) is 10.6. The summed E-state index contributed by atoms with van der Waals surface area (Å²) in [5.41, 5.74) is 4.95. The highest BCUT2D eigenvalue weighted by Crippen LogP contribution is 2.24. The Morgan fingerprint density at radius 3 is 2.96 bits per heavy atom. The fourth-order valence-electron chi connectivity index (χ4n) is 3.67. The molecule has 1 aromatic carbocycles. The Balaban J connectivity index is 1.52. The van der Waals surface area contributed by atoms with Crippen LogP contribution in [0.3, 0.4) is 0 Å². The van der Waals surface area contributed by atoms with Crippen molar-refractivity contribution >= 4 is 11.6 Å². The van der Waals surface area contributed by atoms with Crippen molar-refractivity contribution in [1.29, 1.82) is 0 Å². The predicted molar refractivity (Wildman–Crippen MR) is 99.3 cm³/mol. The molecule has 2 aliphatic rings. The van der Waals surface area contributed by atoms with Crippen molar-refractivity contribution in [2.75, 3.05) is 44.8 Å². The van der Waals surface area contributed by atoms with Crippen LogP contribution in [0.25, 0.3) is 0 Å². The van der Waals surface area contributed by atoms with Crippen LogP contribution in [0, 0.1) is 0 Å². The standard InChI is InChI=1S/C19H25N5O2/c1-23(19(25)18-15-12-20-7-6-16(15)21-22-18)13-14-4-2-3-5-17(14)24-8-10-26-11-9-24/h2-5,20H,6-13H2,1H3,(H,21,22). The SMILES string of the molecule is CN(Cc1ccccc1N1CCOCC1)C(=O)c1n[nH]c2c1CNCC2. The Morgan fingerprint density at radius 2 is 2.12 bits per heavy atom. The molecule has 4 rings (SSSR count). The van der Waals surface area contributed by atoms with Gasteiger partial charge in [0, 0.05) is 63.1 Å². The van der Waals surface area contributed by atoms with Gasteiger partial charge in [-0.1, -0.05) is 18.2 Å². The normalized spacial score (nSPS) is 17.0. The second-order valence-electron chi connectivity index (χ2n) is 6.85. The van der Waals surface area contributed by atoms with E-state index >= 15 is 0 Å². The molecule has 2 aromatic rings. The first-order valence-corrected chi connectivity index (χ1v) is 9.17. The van der Waals surface area contributed by atoms with Crippen molar-refractivity contribution in [1.82, 2.24) is 20.4 Å². The maximum absolute atomic E-state index is 13.0. The third-order valence-corrected chi connectivity index (χ3v) is 5.11. The molecule has 0 aliphatic carbocycles. The number of para-hydroxylation sites is 1. The minimum Gasteiger partial charge on any atom is -0.378 e. The lowest BCUT2D eigenvalue weighted by atomic mass is 10.1. The van der Waals surface area contributed by atoms with Crippen molar-refractivity contribution in [3.8, 4) is 0 Å². The number of aromatic amines is 1. The zero-order valence-electron chi connectivity index (χ0n) is 15.1. The number of H-pyrrole nitrogens is 1. The molecule has 0 radical (unpaired) electrons. The monoisotopic (exact) mass is 355 g/mol. The molecule has 1 saturated heterocycles. The molecule has 2 N–H and O–H groups in total. The number of rotatable bonds is 4. The van der Waals surface area contributed by atoms with Crippen LogP contribution >= 0.6 is 0 Å². The van der Waals surface area contributed by atoms with Gasteiger partial charge in [0.1, 0.15) is 0 Å². The summed E-state index contributed by atoms with van der Waals surface area (Å²) in [5.74, 6) is -0.0389. The first-order valence-electron chi connectivity index (χ1n) is 9.17. The smallest absolute Gasteiger partial charge is 0.274 e. The van der Waals surface area contributed by atoms with Crippen molar-refractivity contribution in [3.63, 3.8) is 0 Å². The van der Waals surface area contributed by atoms with Gasteiger partial charge in [-0.15, -0.1) is 0 Å². The lowest BCUT2D eigenvalue weighted by Gasteiger charge is -2.31. The van der Waals surface area contributed by atoms with Gasteiger partial charge < -0.3 is 19.9 Å². The van der Waals surface area contributed by atoms with E-state index in [1.165, 1.54) is 5.69 Å². The van der Waals surface area contributed by atoms with Crippen LogP contribution in [-0.4, -0.2) is 60.9 Å². The summed E-state index contributed by atoms with van der Waals surface area (Å²) < 4.78 is 5.46. The molecule has 1 aromatic heterocycles. The maximum atomic E-state index is 13.0. The molecule has 3 heterocycles. The number of amides is 1. The van der Waals surface area contributed by atoms with Crippen molar-refractivity contribution < 1.29 is 9.53 Å². The van der Waals surface area contributed by atoms with E-state index in [1.54, 1.807) is 4.90 Å². The predicted octanol–water partition coefficient (Wildman–Crippen LogP) is 1.16. The molecule has 1 fully saturated rings. The van der Waals surface area contributed by atoms with E-state index < -0.39 is 0 Å². The van der Waals surface area contributed by atoms with Gasteiger partial charge in [0.15, 0.2) is 5.69 Å². The van der Waals surface area contributed by atoms with Gasteiger partial charge in [0.05, 0.1) is 13.2 Å². The summed E-state index contributed by atoms with van der Waals surface area (Å²) in [4.78, 5) is 17.0. The Hall–Kier alpha value is -2.38. The first-order chi connectivity index (χ1) is 12.7. The summed E-state index contributed by atoms with van der Waals surface area (Å²) >= 11 is 0. The second kappa shape index (κ2) is 7.47. The average molecular weight is 355 g/mol. The number of hydrogen-bond donors (Lipinski definition) is 2. The Kier molecular flexibility index (Phi) is 4.90. The van der Waals surface area contributed by atoms with Crippen LogP contribution in [0.15, 0.2) is 24.3 Å². The molecule has 138 valence electrons. The Labute approximate surface area is 153 Å². The summed E-state index contributed by atoms with van der Waals surface area (Å²) in [6, 6.07) is 8.29. The molecule has 0 saturated carbocycles. The van der Waals surface area contributed by atoms with E-state index in [0.29, 0.717) is 18.8 Å². The van der Waals surface area contributed by atoms with Gasteiger partial charge in [0.25, 0.3) is 5.91 Å². The van der Waals surface area contributed by atoms with E-state index in [9.17, 15) is 4.79 Å². The summed E-state index contributed by atoms with van der Waals surface area (Å²) in [6.45, 7) is 5.43. The number of carbonyl (C=O) groups excluding carboxylic acids is 1. The van der Waals surface area contributed by atoms with Gasteiger partial charge in [-0.05, 0) is 11.6 Å². The number of hydrogen-bond acceptors (Lipinski definition) is 5. The number of morpholine rings is 1. The fourth-order valence-corrected chi connectivity index (χ4v) is 3.67. The quantitative estimate of drug-likeness (QED) is 0.861. The third kappa shape index (κ3) is 3.32. The van der Waals surface area contributed by atoms with E-state index in [0.717, 1.165) is 56.1 Å². The molecule has 2 aliphatic heterocycles. The first kappa shape index (κ1) is 17.1. The molecular weight excluding hydrogens is 330 g/mol.